The highest BCUT2D eigenvalue weighted by Gasteiger charge is 2.13. The average Bonchev–Trinajstić information content (AvgIpc) is 2.75. The summed E-state index contributed by atoms with van der Waals surface area (Å²) < 4.78 is 14.3. The predicted molar refractivity (Wildman–Crippen MR) is 121 cm³/mol. The topological polar surface area (TPSA) is 17.1 Å². The van der Waals surface area contributed by atoms with Gasteiger partial charge in [-0.15, -0.1) is 0 Å². The number of rotatable bonds is 5. The largest absolute Gasteiger partial charge is 0.249 e. The average molecular weight is 465 g/mol. The van der Waals surface area contributed by atoms with Crippen molar-refractivity contribution in [3.63, 3.8) is 0 Å². The number of benzene rings is 4. The third-order valence-corrected chi connectivity index (χ3v) is 7.46. The second-order valence-corrected chi connectivity index (χ2v) is 9.64. The maximum atomic E-state index is 13.2. The molecule has 4 rings (SSSR count). The molecule has 0 heterocycles. The van der Waals surface area contributed by atoms with Gasteiger partial charge in [0.2, 0.25) is 0 Å². The molecular weight excluding hydrogens is 448 g/mol. The molecule has 0 aliphatic carbocycles. The molecule has 1 unspecified atom stereocenters. The number of halogens is 1. The zero-order chi connectivity index (χ0) is 19.3. The summed E-state index contributed by atoms with van der Waals surface area (Å²) in [5.74, 6) is 0. The first-order valence-electron chi connectivity index (χ1n) is 8.80. The summed E-state index contributed by atoms with van der Waals surface area (Å²) in [5.41, 5.74) is 2.25. The van der Waals surface area contributed by atoms with Crippen LogP contribution in [0.3, 0.4) is 0 Å². The Morgan fingerprint density at radius 1 is 0.643 bits per heavy atom. The summed E-state index contributed by atoms with van der Waals surface area (Å²) >= 11 is 5.10. The van der Waals surface area contributed by atoms with Crippen LogP contribution in [0.5, 0.6) is 0 Å². The third kappa shape index (κ3) is 4.46. The van der Waals surface area contributed by atoms with Crippen molar-refractivity contribution in [2.45, 2.75) is 19.6 Å². The summed E-state index contributed by atoms with van der Waals surface area (Å²) in [6.45, 7) is 0. The van der Waals surface area contributed by atoms with Crippen molar-refractivity contribution in [2.75, 3.05) is 0 Å². The van der Waals surface area contributed by atoms with Gasteiger partial charge in [-0.2, -0.15) is 0 Å². The van der Waals surface area contributed by atoms with Crippen molar-refractivity contribution in [3.05, 3.63) is 108 Å². The Bertz CT molecular complexity index is 1090. The summed E-state index contributed by atoms with van der Waals surface area (Å²) in [6.07, 6.45) is 0. The molecule has 1 nitrogen and oxygen atoms in total. The van der Waals surface area contributed by atoms with E-state index in [0.29, 0.717) is 0 Å². The molecule has 0 saturated carbocycles. The van der Waals surface area contributed by atoms with Crippen molar-refractivity contribution >= 4 is 38.5 Å². The fourth-order valence-electron chi connectivity index (χ4n) is 2.84. The van der Waals surface area contributed by atoms with Crippen LogP contribution in [0.25, 0.3) is 11.1 Å². The predicted octanol–water partition coefficient (Wildman–Crippen LogP) is 7.43. The molecule has 0 aliphatic rings. The Morgan fingerprint density at radius 2 is 1.21 bits per heavy atom. The standard InChI is InChI=1S/C24H17BrOS2/c25-20-14-10-18(11-15-20)19-12-16-22(17-13-19)28(26)24-9-5-4-8-23(24)27-21-6-2-1-3-7-21/h1-17H. The summed E-state index contributed by atoms with van der Waals surface area (Å²) in [6, 6.07) is 34.2. The Morgan fingerprint density at radius 3 is 1.89 bits per heavy atom. The third-order valence-electron chi connectivity index (χ3n) is 4.27. The van der Waals surface area contributed by atoms with Gasteiger partial charge in [0, 0.05) is 19.2 Å². The van der Waals surface area contributed by atoms with Crippen LogP contribution in [0.2, 0.25) is 0 Å². The van der Waals surface area contributed by atoms with E-state index in [2.05, 4.69) is 40.2 Å². The van der Waals surface area contributed by atoms with Gasteiger partial charge in [0.05, 0.1) is 15.7 Å². The van der Waals surface area contributed by atoms with Gasteiger partial charge in [-0.05, 0) is 59.7 Å². The molecule has 0 fully saturated rings. The first kappa shape index (κ1) is 19.2. The maximum absolute atomic E-state index is 13.2. The zero-order valence-electron chi connectivity index (χ0n) is 14.9. The molecule has 4 heteroatoms. The SMILES string of the molecule is O=S(c1ccc(-c2ccc(Br)cc2)cc1)c1ccccc1Sc1ccccc1. The highest BCUT2D eigenvalue weighted by Crippen LogP contribution is 2.34. The van der Waals surface area contributed by atoms with Crippen LogP contribution in [0.4, 0.5) is 0 Å². The lowest BCUT2D eigenvalue weighted by molar-refractivity contribution is 0.681. The molecule has 0 bridgehead atoms. The molecule has 0 N–H and O–H groups in total. The minimum Gasteiger partial charge on any atom is -0.249 e. The van der Waals surface area contributed by atoms with Gasteiger partial charge in [0.1, 0.15) is 0 Å². The second kappa shape index (κ2) is 8.91. The van der Waals surface area contributed by atoms with Gasteiger partial charge in [-0.1, -0.05) is 82.3 Å². The Kier molecular flexibility index (Phi) is 6.10. The lowest BCUT2D eigenvalue weighted by atomic mass is 10.1. The first-order valence-corrected chi connectivity index (χ1v) is 11.6. The van der Waals surface area contributed by atoms with Crippen LogP contribution in [0, 0.1) is 0 Å². The molecular formula is C24H17BrOS2. The van der Waals surface area contributed by atoms with Crippen molar-refractivity contribution in [1.29, 1.82) is 0 Å². The van der Waals surface area contributed by atoms with Crippen LogP contribution in [-0.2, 0) is 10.8 Å². The summed E-state index contributed by atoms with van der Waals surface area (Å²) in [5, 5.41) is 0. The van der Waals surface area contributed by atoms with E-state index >= 15 is 0 Å². The van der Waals surface area contributed by atoms with E-state index in [1.807, 2.05) is 78.9 Å². The van der Waals surface area contributed by atoms with Crippen LogP contribution in [0.1, 0.15) is 0 Å². The van der Waals surface area contributed by atoms with E-state index in [1.54, 1.807) is 11.8 Å². The number of hydrogen-bond donors (Lipinski definition) is 0. The maximum Gasteiger partial charge on any atom is 0.0861 e. The first-order chi connectivity index (χ1) is 13.7. The van der Waals surface area contributed by atoms with Crippen LogP contribution >= 0.6 is 27.7 Å². The lowest BCUT2D eigenvalue weighted by Crippen LogP contribution is -1.95. The lowest BCUT2D eigenvalue weighted by Gasteiger charge is -2.10. The quantitative estimate of drug-likeness (QED) is 0.305. The smallest absolute Gasteiger partial charge is 0.0861 e. The fraction of sp³-hybridized carbons (Fsp3) is 0. The zero-order valence-corrected chi connectivity index (χ0v) is 18.1. The highest BCUT2D eigenvalue weighted by atomic mass is 79.9. The molecule has 0 amide bonds. The van der Waals surface area contributed by atoms with Crippen molar-refractivity contribution in [3.8, 4) is 11.1 Å². The minimum atomic E-state index is -1.23. The molecule has 0 spiro atoms. The van der Waals surface area contributed by atoms with E-state index in [9.17, 15) is 4.21 Å². The number of hydrogen-bond acceptors (Lipinski definition) is 2. The van der Waals surface area contributed by atoms with Gasteiger partial charge in [0.25, 0.3) is 0 Å². The van der Waals surface area contributed by atoms with Crippen molar-refractivity contribution < 1.29 is 4.21 Å². The molecule has 1 atom stereocenters. The van der Waals surface area contributed by atoms with Crippen LogP contribution in [-0.4, -0.2) is 4.21 Å². The Labute approximate surface area is 180 Å². The minimum absolute atomic E-state index is 0.807. The molecule has 4 aromatic carbocycles. The molecule has 28 heavy (non-hydrogen) atoms. The molecule has 0 aromatic heterocycles. The van der Waals surface area contributed by atoms with Crippen molar-refractivity contribution in [2.24, 2.45) is 0 Å². The molecule has 0 saturated heterocycles. The normalized spacial score (nSPS) is 11.9. The van der Waals surface area contributed by atoms with Gasteiger partial charge >= 0.3 is 0 Å². The summed E-state index contributed by atoms with van der Waals surface area (Å²) in [4.78, 5) is 3.80. The molecule has 0 aliphatic heterocycles. The Hall–Kier alpha value is -2.14. The summed E-state index contributed by atoms with van der Waals surface area (Å²) in [7, 11) is -1.23. The van der Waals surface area contributed by atoms with Gasteiger partial charge < -0.3 is 0 Å². The van der Waals surface area contributed by atoms with E-state index in [-0.39, 0.29) is 0 Å². The second-order valence-electron chi connectivity index (χ2n) is 6.16. The van der Waals surface area contributed by atoms with Crippen LogP contribution in [0.15, 0.2) is 127 Å². The van der Waals surface area contributed by atoms with Crippen LogP contribution < -0.4 is 0 Å². The van der Waals surface area contributed by atoms with Crippen molar-refractivity contribution in [1.82, 2.24) is 0 Å². The highest BCUT2D eigenvalue weighted by molar-refractivity contribution is 9.10. The van der Waals surface area contributed by atoms with Gasteiger partial charge in [-0.3, -0.25) is 0 Å². The molecule has 0 radical (unpaired) electrons. The van der Waals surface area contributed by atoms with Gasteiger partial charge in [0.15, 0.2) is 0 Å². The molecule has 138 valence electrons. The monoisotopic (exact) mass is 464 g/mol. The fourth-order valence-corrected chi connectivity index (χ4v) is 5.41. The van der Waals surface area contributed by atoms with E-state index < -0.39 is 10.8 Å². The van der Waals surface area contributed by atoms with E-state index in [0.717, 1.165) is 35.2 Å². The van der Waals surface area contributed by atoms with E-state index in [1.165, 1.54) is 0 Å². The van der Waals surface area contributed by atoms with Gasteiger partial charge in [-0.25, -0.2) is 4.21 Å². The Balaban J connectivity index is 1.60. The molecule has 4 aromatic rings. The van der Waals surface area contributed by atoms with E-state index in [4.69, 9.17) is 0 Å².